The molecule has 0 aliphatic rings. The van der Waals surface area contributed by atoms with E-state index in [1.807, 2.05) is 13.8 Å². The predicted molar refractivity (Wildman–Crippen MR) is 79.5 cm³/mol. The predicted octanol–water partition coefficient (Wildman–Crippen LogP) is 2.08. The maximum absolute atomic E-state index is 12.3. The Morgan fingerprint density at radius 2 is 2.10 bits per heavy atom. The quantitative estimate of drug-likeness (QED) is 0.935. The van der Waals surface area contributed by atoms with Crippen LogP contribution in [0.2, 0.25) is 0 Å². The first-order valence-electron chi connectivity index (χ1n) is 6.83. The summed E-state index contributed by atoms with van der Waals surface area (Å²) in [7, 11) is 1.75. The highest BCUT2D eigenvalue weighted by Gasteiger charge is 2.22. The van der Waals surface area contributed by atoms with Crippen LogP contribution in [-0.2, 0) is 4.79 Å². The second-order valence-electron chi connectivity index (χ2n) is 5.07. The number of amides is 1. The lowest BCUT2D eigenvalue weighted by molar-refractivity contribution is -0.132. The molecule has 0 saturated carbocycles. The third kappa shape index (κ3) is 2.61. The number of aromatic nitrogens is 2. The van der Waals surface area contributed by atoms with Crippen LogP contribution in [0.15, 0.2) is 18.2 Å². The fourth-order valence-electron chi connectivity index (χ4n) is 2.42. The van der Waals surface area contributed by atoms with E-state index in [4.69, 9.17) is 5.11 Å². The molecule has 0 aliphatic carbocycles. The molecule has 1 amide bonds. The van der Waals surface area contributed by atoms with Crippen molar-refractivity contribution in [3.8, 4) is 0 Å². The molecule has 1 aromatic carbocycles. The molecule has 112 valence electrons. The molecule has 2 aromatic rings. The summed E-state index contributed by atoms with van der Waals surface area (Å²) in [6, 6.07) is 4.33. The van der Waals surface area contributed by atoms with E-state index < -0.39 is 12.0 Å². The van der Waals surface area contributed by atoms with Gasteiger partial charge in [0.1, 0.15) is 11.9 Å². The van der Waals surface area contributed by atoms with Crippen molar-refractivity contribution in [2.75, 3.05) is 13.6 Å². The third-order valence-electron chi connectivity index (χ3n) is 3.71. The molecule has 21 heavy (non-hydrogen) atoms. The zero-order valence-corrected chi connectivity index (χ0v) is 12.6. The Balaban J connectivity index is 2.56. The standard InChI is InChI=1S/C15H19N3O3/c1-5-17(4)14(19)9(2)18-10(3)16-12-7-6-11(15(20)21)8-13(12)18/h6-9H,5H2,1-4H3,(H,20,21). The van der Waals surface area contributed by atoms with E-state index >= 15 is 0 Å². The van der Waals surface area contributed by atoms with Crippen molar-refractivity contribution in [1.29, 1.82) is 0 Å². The van der Waals surface area contributed by atoms with Gasteiger partial charge in [0.05, 0.1) is 16.6 Å². The first-order chi connectivity index (χ1) is 9.86. The molecule has 0 radical (unpaired) electrons. The van der Waals surface area contributed by atoms with Gasteiger partial charge < -0.3 is 14.6 Å². The van der Waals surface area contributed by atoms with Crippen LogP contribution in [-0.4, -0.2) is 45.0 Å². The number of imidazole rings is 1. The van der Waals surface area contributed by atoms with Gasteiger partial charge in [0.2, 0.25) is 5.91 Å². The molecule has 1 atom stereocenters. The van der Waals surface area contributed by atoms with Crippen molar-refractivity contribution in [2.24, 2.45) is 0 Å². The highest BCUT2D eigenvalue weighted by molar-refractivity contribution is 5.93. The van der Waals surface area contributed by atoms with E-state index in [2.05, 4.69) is 4.98 Å². The number of aryl methyl sites for hydroxylation is 1. The number of hydrogen-bond acceptors (Lipinski definition) is 3. The summed E-state index contributed by atoms with van der Waals surface area (Å²) in [5.41, 5.74) is 1.54. The number of nitrogens with zero attached hydrogens (tertiary/aromatic N) is 3. The molecule has 6 nitrogen and oxygen atoms in total. The Morgan fingerprint density at radius 1 is 1.43 bits per heavy atom. The molecule has 1 heterocycles. The Morgan fingerprint density at radius 3 is 2.67 bits per heavy atom. The molecule has 2 rings (SSSR count). The van der Waals surface area contributed by atoms with E-state index in [-0.39, 0.29) is 11.5 Å². The number of carbonyl (C=O) groups excluding carboxylic acids is 1. The highest BCUT2D eigenvalue weighted by atomic mass is 16.4. The molecule has 6 heteroatoms. The Labute approximate surface area is 123 Å². The smallest absolute Gasteiger partial charge is 0.335 e. The number of carboxylic acid groups (broad SMARTS) is 1. The van der Waals surface area contributed by atoms with Crippen LogP contribution < -0.4 is 0 Å². The Kier molecular flexibility index (Phi) is 3.97. The van der Waals surface area contributed by atoms with E-state index in [0.29, 0.717) is 23.4 Å². The minimum Gasteiger partial charge on any atom is -0.478 e. The van der Waals surface area contributed by atoms with Gasteiger partial charge in [0.15, 0.2) is 0 Å². The van der Waals surface area contributed by atoms with E-state index in [0.717, 1.165) is 0 Å². The molecule has 1 N–H and O–H groups in total. The Hall–Kier alpha value is -2.37. The Bertz CT molecular complexity index is 705. The lowest BCUT2D eigenvalue weighted by Gasteiger charge is -2.22. The summed E-state index contributed by atoms with van der Waals surface area (Å²) in [5, 5.41) is 9.11. The maximum atomic E-state index is 12.3. The molecule has 0 aliphatic heterocycles. The van der Waals surface area contributed by atoms with Crippen molar-refractivity contribution >= 4 is 22.9 Å². The fraction of sp³-hybridized carbons (Fsp3) is 0.400. The zero-order chi connectivity index (χ0) is 15.7. The van der Waals surface area contributed by atoms with E-state index in [1.165, 1.54) is 6.07 Å². The monoisotopic (exact) mass is 289 g/mol. The van der Waals surface area contributed by atoms with Crippen LogP contribution in [0.4, 0.5) is 0 Å². The minimum atomic E-state index is -0.994. The molecule has 0 spiro atoms. The minimum absolute atomic E-state index is 0.0272. The number of aromatic carboxylic acids is 1. The summed E-state index contributed by atoms with van der Waals surface area (Å²) in [6.07, 6.45) is 0. The first kappa shape index (κ1) is 15.0. The number of rotatable bonds is 4. The van der Waals surface area contributed by atoms with Crippen molar-refractivity contribution in [2.45, 2.75) is 26.8 Å². The summed E-state index contributed by atoms with van der Waals surface area (Å²) in [4.78, 5) is 29.5. The van der Waals surface area contributed by atoms with Crippen molar-refractivity contribution in [3.05, 3.63) is 29.6 Å². The molecule has 1 aromatic heterocycles. The van der Waals surface area contributed by atoms with Crippen LogP contribution in [0.5, 0.6) is 0 Å². The first-order valence-corrected chi connectivity index (χ1v) is 6.83. The molecule has 0 bridgehead atoms. The van der Waals surface area contributed by atoms with Crippen LogP contribution in [0.25, 0.3) is 11.0 Å². The molecule has 0 fully saturated rings. The molecule has 1 unspecified atom stereocenters. The number of fused-ring (bicyclic) bond motifs is 1. The van der Waals surface area contributed by atoms with Gasteiger partial charge in [-0.25, -0.2) is 9.78 Å². The largest absolute Gasteiger partial charge is 0.478 e. The normalized spacial score (nSPS) is 12.4. The maximum Gasteiger partial charge on any atom is 0.335 e. The second-order valence-corrected chi connectivity index (χ2v) is 5.07. The number of likely N-dealkylation sites (N-methyl/N-ethyl adjacent to an activating group) is 1. The van der Waals surface area contributed by atoms with Crippen molar-refractivity contribution < 1.29 is 14.7 Å². The van der Waals surface area contributed by atoms with Crippen LogP contribution in [0, 0.1) is 6.92 Å². The van der Waals surface area contributed by atoms with E-state index in [1.54, 1.807) is 35.6 Å². The molecule has 0 saturated heterocycles. The second kappa shape index (κ2) is 5.55. The average Bonchev–Trinajstić information content (AvgIpc) is 2.79. The van der Waals surface area contributed by atoms with Crippen molar-refractivity contribution in [3.63, 3.8) is 0 Å². The van der Waals surface area contributed by atoms with Crippen LogP contribution in [0.1, 0.15) is 36.1 Å². The van der Waals surface area contributed by atoms with Crippen molar-refractivity contribution in [1.82, 2.24) is 14.5 Å². The molecular formula is C15H19N3O3. The van der Waals surface area contributed by atoms with E-state index in [9.17, 15) is 9.59 Å². The van der Waals surface area contributed by atoms with Gasteiger partial charge >= 0.3 is 5.97 Å². The molecular weight excluding hydrogens is 270 g/mol. The van der Waals surface area contributed by atoms with Gasteiger partial charge in [0, 0.05) is 13.6 Å². The lowest BCUT2D eigenvalue weighted by Crippen LogP contribution is -2.33. The number of carbonyl (C=O) groups is 2. The van der Waals surface area contributed by atoms with Gasteiger partial charge in [-0.3, -0.25) is 4.79 Å². The van der Waals surface area contributed by atoms with Gasteiger partial charge in [-0.05, 0) is 39.0 Å². The summed E-state index contributed by atoms with van der Waals surface area (Å²) in [6.45, 7) is 6.15. The zero-order valence-electron chi connectivity index (χ0n) is 12.6. The van der Waals surface area contributed by atoms with Crippen LogP contribution >= 0.6 is 0 Å². The number of hydrogen-bond donors (Lipinski definition) is 1. The van der Waals surface area contributed by atoms with Gasteiger partial charge in [-0.2, -0.15) is 0 Å². The van der Waals surface area contributed by atoms with Gasteiger partial charge in [-0.15, -0.1) is 0 Å². The summed E-state index contributed by atoms with van der Waals surface area (Å²) >= 11 is 0. The fourth-order valence-corrected chi connectivity index (χ4v) is 2.42. The van der Waals surface area contributed by atoms with Gasteiger partial charge in [0.25, 0.3) is 0 Å². The number of carboxylic acids is 1. The summed E-state index contributed by atoms with van der Waals surface area (Å²) in [5.74, 6) is -0.328. The third-order valence-corrected chi connectivity index (χ3v) is 3.71. The average molecular weight is 289 g/mol. The lowest BCUT2D eigenvalue weighted by atomic mass is 10.2. The highest BCUT2D eigenvalue weighted by Crippen LogP contribution is 2.23. The topological polar surface area (TPSA) is 75.4 Å². The van der Waals surface area contributed by atoms with Crippen LogP contribution in [0.3, 0.4) is 0 Å². The van der Waals surface area contributed by atoms with Gasteiger partial charge in [-0.1, -0.05) is 0 Å². The number of benzene rings is 1. The summed E-state index contributed by atoms with van der Waals surface area (Å²) < 4.78 is 1.79. The SMILES string of the molecule is CCN(C)C(=O)C(C)n1c(C)nc2ccc(C(=O)O)cc21.